The summed E-state index contributed by atoms with van der Waals surface area (Å²) in [5, 5.41) is 23.2. The van der Waals surface area contributed by atoms with Crippen molar-refractivity contribution in [3.8, 4) is 0 Å². The molecule has 0 aliphatic carbocycles. The SMILES string of the molecule is CCCCCCCCCCCCCCCCCCC/C=C/C(O)C(CO)NC(=O)CCCCCCCCC/C=C\CCCCCCCCOC(=O)CCCCCCCCCCCCCCCCCCC. The van der Waals surface area contributed by atoms with Gasteiger partial charge in [0.05, 0.1) is 25.4 Å². The Balaban J connectivity index is 3.46. The maximum absolute atomic E-state index is 12.5. The zero-order valence-electron chi connectivity index (χ0n) is 47.3. The fourth-order valence-electron chi connectivity index (χ4n) is 9.87. The summed E-state index contributed by atoms with van der Waals surface area (Å²) >= 11 is 0. The van der Waals surface area contributed by atoms with Gasteiger partial charge >= 0.3 is 5.97 Å². The van der Waals surface area contributed by atoms with Crippen LogP contribution >= 0.6 is 0 Å². The Morgan fingerprint density at radius 1 is 0.386 bits per heavy atom. The number of unbranched alkanes of at least 4 members (excludes halogenated alkanes) is 46. The van der Waals surface area contributed by atoms with Crippen LogP contribution in [0, 0.1) is 0 Å². The number of ether oxygens (including phenoxy) is 1. The van der Waals surface area contributed by atoms with Crippen LogP contribution in [0.25, 0.3) is 0 Å². The molecule has 0 fully saturated rings. The Hall–Kier alpha value is -1.66. The van der Waals surface area contributed by atoms with Gasteiger partial charge in [0.15, 0.2) is 0 Å². The minimum absolute atomic E-state index is 0.00177. The standard InChI is InChI=1S/C64H123NO5/c1-3-5-7-9-11-13-15-17-19-21-22-25-28-32-36-40-44-48-52-56-62(67)61(60-66)65-63(68)57-53-49-45-41-37-33-29-26-23-27-31-35-39-43-47-51-55-59-70-64(69)58-54-50-46-42-38-34-30-24-20-18-16-14-12-10-8-6-4-2/h23,27,52,56,61-62,66-67H,3-22,24-26,28-51,53-55,57-60H2,1-2H3,(H,65,68)/b27-23-,56-52+. The van der Waals surface area contributed by atoms with Crippen LogP contribution in [0.2, 0.25) is 0 Å². The summed E-state index contributed by atoms with van der Waals surface area (Å²) in [6, 6.07) is -0.637. The van der Waals surface area contributed by atoms with Gasteiger partial charge in [-0.05, 0) is 57.8 Å². The Kier molecular flexibility index (Phi) is 58.5. The van der Waals surface area contributed by atoms with E-state index in [0.717, 1.165) is 57.8 Å². The van der Waals surface area contributed by atoms with E-state index in [4.69, 9.17) is 4.74 Å². The van der Waals surface area contributed by atoms with E-state index in [1.807, 2.05) is 6.08 Å². The molecule has 0 rings (SSSR count). The third kappa shape index (κ3) is 55.7. The van der Waals surface area contributed by atoms with Gasteiger partial charge in [0.2, 0.25) is 5.91 Å². The van der Waals surface area contributed by atoms with Crippen molar-refractivity contribution >= 4 is 11.9 Å². The van der Waals surface area contributed by atoms with E-state index in [9.17, 15) is 19.8 Å². The first-order chi connectivity index (χ1) is 34.5. The summed E-state index contributed by atoms with van der Waals surface area (Å²) in [7, 11) is 0. The van der Waals surface area contributed by atoms with Crippen LogP contribution in [0.4, 0.5) is 0 Å². The van der Waals surface area contributed by atoms with Crippen molar-refractivity contribution in [3.05, 3.63) is 24.3 Å². The maximum atomic E-state index is 12.5. The molecular formula is C64H123NO5. The van der Waals surface area contributed by atoms with Gasteiger partial charge < -0.3 is 20.3 Å². The number of carbonyl (C=O) groups excluding carboxylic acids is 2. The molecule has 0 spiro atoms. The number of hydrogen-bond acceptors (Lipinski definition) is 5. The lowest BCUT2D eigenvalue weighted by Crippen LogP contribution is -2.45. The molecule has 0 aromatic rings. The molecule has 0 radical (unpaired) electrons. The third-order valence-corrected chi connectivity index (χ3v) is 14.7. The summed E-state index contributed by atoms with van der Waals surface area (Å²) in [4.78, 5) is 24.6. The molecular weight excluding hydrogens is 863 g/mol. The number of hydrogen-bond donors (Lipinski definition) is 3. The summed E-state index contributed by atoms with van der Waals surface area (Å²) in [5.74, 6) is -0.0753. The number of aliphatic hydroxyl groups is 2. The lowest BCUT2D eigenvalue weighted by Gasteiger charge is -2.20. The molecule has 1 amide bonds. The number of amides is 1. The molecule has 2 unspecified atom stereocenters. The molecule has 0 saturated heterocycles. The Morgan fingerprint density at radius 3 is 1.01 bits per heavy atom. The van der Waals surface area contributed by atoms with Crippen LogP contribution in [0.1, 0.15) is 348 Å². The molecule has 6 heteroatoms. The molecule has 2 atom stereocenters. The van der Waals surface area contributed by atoms with Crippen molar-refractivity contribution < 1.29 is 24.5 Å². The number of nitrogens with one attached hydrogen (secondary N) is 1. The number of aliphatic hydroxyl groups excluding tert-OH is 2. The molecule has 0 aromatic heterocycles. The van der Waals surface area contributed by atoms with Crippen molar-refractivity contribution in [1.29, 1.82) is 0 Å². The number of allylic oxidation sites excluding steroid dienone is 3. The fraction of sp³-hybridized carbons (Fsp3) is 0.906. The zero-order chi connectivity index (χ0) is 50.7. The highest BCUT2D eigenvalue weighted by Crippen LogP contribution is 2.18. The second-order valence-corrected chi connectivity index (χ2v) is 21.7. The predicted molar refractivity (Wildman–Crippen MR) is 306 cm³/mol. The monoisotopic (exact) mass is 986 g/mol. The average molecular weight is 987 g/mol. The van der Waals surface area contributed by atoms with E-state index < -0.39 is 12.1 Å². The molecule has 0 aromatic carbocycles. The predicted octanol–water partition coefficient (Wildman–Crippen LogP) is 19.8. The van der Waals surface area contributed by atoms with E-state index >= 15 is 0 Å². The minimum atomic E-state index is -0.853. The van der Waals surface area contributed by atoms with Crippen LogP contribution in [-0.4, -0.2) is 47.4 Å². The van der Waals surface area contributed by atoms with E-state index in [-0.39, 0.29) is 18.5 Å². The highest BCUT2D eigenvalue weighted by molar-refractivity contribution is 5.76. The molecule has 0 saturated carbocycles. The van der Waals surface area contributed by atoms with Crippen molar-refractivity contribution in [3.63, 3.8) is 0 Å². The molecule has 0 aliphatic heterocycles. The van der Waals surface area contributed by atoms with Crippen molar-refractivity contribution in [2.45, 2.75) is 360 Å². The van der Waals surface area contributed by atoms with Gasteiger partial charge in [-0.25, -0.2) is 0 Å². The average Bonchev–Trinajstić information content (AvgIpc) is 3.36. The topological polar surface area (TPSA) is 95.9 Å². The van der Waals surface area contributed by atoms with Crippen molar-refractivity contribution in [2.75, 3.05) is 13.2 Å². The first-order valence-corrected chi connectivity index (χ1v) is 31.6. The van der Waals surface area contributed by atoms with Gasteiger partial charge in [-0.2, -0.15) is 0 Å². The molecule has 70 heavy (non-hydrogen) atoms. The second-order valence-electron chi connectivity index (χ2n) is 21.7. The van der Waals surface area contributed by atoms with E-state index in [2.05, 4.69) is 31.3 Å². The first kappa shape index (κ1) is 68.3. The third-order valence-electron chi connectivity index (χ3n) is 14.7. The molecule has 0 bridgehead atoms. The maximum Gasteiger partial charge on any atom is 0.305 e. The van der Waals surface area contributed by atoms with Crippen LogP contribution in [0.5, 0.6) is 0 Å². The zero-order valence-corrected chi connectivity index (χ0v) is 47.3. The van der Waals surface area contributed by atoms with Crippen LogP contribution < -0.4 is 5.32 Å². The van der Waals surface area contributed by atoms with Crippen molar-refractivity contribution in [2.24, 2.45) is 0 Å². The Labute approximate surface area is 437 Å². The summed E-state index contributed by atoms with van der Waals surface area (Å²) in [6.07, 6.45) is 73.6. The van der Waals surface area contributed by atoms with Crippen LogP contribution in [-0.2, 0) is 14.3 Å². The minimum Gasteiger partial charge on any atom is -0.466 e. The molecule has 0 aliphatic rings. The van der Waals surface area contributed by atoms with Gasteiger partial charge in [0.1, 0.15) is 0 Å². The molecule has 0 heterocycles. The Morgan fingerprint density at radius 2 is 0.671 bits per heavy atom. The number of rotatable bonds is 59. The second kappa shape index (κ2) is 59.9. The van der Waals surface area contributed by atoms with Gasteiger partial charge in [0.25, 0.3) is 0 Å². The number of esters is 1. The smallest absolute Gasteiger partial charge is 0.305 e. The molecule has 6 nitrogen and oxygen atoms in total. The molecule has 414 valence electrons. The highest BCUT2D eigenvalue weighted by Gasteiger charge is 2.18. The largest absolute Gasteiger partial charge is 0.466 e. The fourth-order valence-corrected chi connectivity index (χ4v) is 9.87. The molecule has 3 N–H and O–H groups in total. The lowest BCUT2D eigenvalue weighted by molar-refractivity contribution is -0.143. The highest BCUT2D eigenvalue weighted by atomic mass is 16.5. The lowest BCUT2D eigenvalue weighted by atomic mass is 10.0. The van der Waals surface area contributed by atoms with Gasteiger partial charge in [0, 0.05) is 12.8 Å². The van der Waals surface area contributed by atoms with E-state index in [1.165, 1.54) is 263 Å². The number of carbonyl (C=O) groups is 2. The van der Waals surface area contributed by atoms with Crippen LogP contribution in [0.15, 0.2) is 24.3 Å². The van der Waals surface area contributed by atoms with Crippen LogP contribution in [0.3, 0.4) is 0 Å². The first-order valence-electron chi connectivity index (χ1n) is 31.6. The van der Waals surface area contributed by atoms with Gasteiger partial charge in [-0.15, -0.1) is 0 Å². The van der Waals surface area contributed by atoms with E-state index in [1.54, 1.807) is 6.08 Å². The summed E-state index contributed by atoms with van der Waals surface area (Å²) < 4.78 is 5.49. The summed E-state index contributed by atoms with van der Waals surface area (Å²) in [6.45, 7) is 4.91. The Bertz CT molecular complexity index is 1090. The van der Waals surface area contributed by atoms with Crippen molar-refractivity contribution in [1.82, 2.24) is 5.32 Å². The van der Waals surface area contributed by atoms with Gasteiger partial charge in [-0.1, -0.05) is 301 Å². The van der Waals surface area contributed by atoms with Gasteiger partial charge in [-0.3, -0.25) is 9.59 Å². The quantitative estimate of drug-likeness (QED) is 0.0321. The normalized spacial score (nSPS) is 12.7. The summed E-state index contributed by atoms with van der Waals surface area (Å²) in [5.41, 5.74) is 0. The van der Waals surface area contributed by atoms with E-state index in [0.29, 0.717) is 19.4 Å².